The van der Waals surface area contributed by atoms with Crippen molar-refractivity contribution in [3.05, 3.63) is 124 Å². The molecule has 0 radical (unpaired) electrons. The topological polar surface area (TPSA) is 61.4 Å². The van der Waals surface area contributed by atoms with E-state index in [-0.39, 0.29) is 29.6 Å². The number of hydrogen-bond acceptors (Lipinski definition) is 6. The van der Waals surface area contributed by atoms with Gasteiger partial charge in [0, 0.05) is 41.2 Å². The van der Waals surface area contributed by atoms with E-state index >= 15 is 0 Å². The first-order valence-electron chi connectivity index (χ1n) is 13.5. The van der Waals surface area contributed by atoms with Crippen molar-refractivity contribution < 1.29 is 18.0 Å². The zero-order chi connectivity index (χ0) is 30.0. The van der Waals surface area contributed by atoms with Crippen LogP contribution in [0.3, 0.4) is 0 Å². The number of nitrogens with zero attached hydrogens (tertiary/aromatic N) is 4. The van der Waals surface area contributed by atoms with Gasteiger partial charge in [0.05, 0.1) is 35.4 Å². The van der Waals surface area contributed by atoms with Crippen LogP contribution >= 0.6 is 22.9 Å². The number of rotatable bonds is 7. The molecule has 0 saturated carbocycles. The third kappa shape index (κ3) is 6.35. The number of nitrogens with one attached hydrogen (secondary N) is 1. The van der Waals surface area contributed by atoms with Crippen LogP contribution in [0.1, 0.15) is 27.2 Å². The molecule has 0 fully saturated rings. The standard InChI is InChI=1S/C32H25ClF3N5OS/c33-24-11-12-27(32(34,35)36)23(15-24)18-40-14-13-37-29-28(40)16-26(17-38-29)41(31(42)22-9-5-2-6-10-22)19-25-20-43-30(39-25)21-7-3-1-4-8-21/h1-12,15-17,20H,13-14,18-19H2,(H,37,38). The van der Waals surface area contributed by atoms with Crippen LogP contribution < -0.4 is 15.1 Å². The van der Waals surface area contributed by atoms with Gasteiger partial charge in [0.25, 0.3) is 5.91 Å². The van der Waals surface area contributed by atoms with E-state index in [0.29, 0.717) is 41.5 Å². The second-order valence-corrected chi connectivity index (χ2v) is 11.3. The highest BCUT2D eigenvalue weighted by molar-refractivity contribution is 7.13. The molecular formula is C32H25ClF3N5OS. The first-order valence-corrected chi connectivity index (χ1v) is 14.7. The highest BCUT2D eigenvalue weighted by Gasteiger charge is 2.34. The van der Waals surface area contributed by atoms with Crippen molar-refractivity contribution in [2.45, 2.75) is 19.3 Å². The molecule has 6 nitrogen and oxygen atoms in total. The van der Waals surface area contributed by atoms with Gasteiger partial charge in [-0.2, -0.15) is 13.2 Å². The van der Waals surface area contributed by atoms with Gasteiger partial charge >= 0.3 is 6.18 Å². The molecule has 5 aromatic rings. The fourth-order valence-electron chi connectivity index (χ4n) is 5.01. The number of anilines is 3. The summed E-state index contributed by atoms with van der Waals surface area (Å²) in [7, 11) is 0. The summed E-state index contributed by atoms with van der Waals surface area (Å²) in [5.41, 5.74) is 2.59. The molecule has 6 rings (SSSR count). The molecule has 1 aliphatic rings. The number of pyridine rings is 1. The Bertz CT molecular complexity index is 1750. The predicted octanol–water partition coefficient (Wildman–Crippen LogP) is 8.16. The van der Waals surface area contributed by atoms with Crippen molar-refractivity contribution in [1.29, 1.82) is 0 Å². The van der Waals surface area contributed by atoms with Crippen molar-refractivity contribution in [3.8, 4) is 10.6 Å². The molecule has 3 aromatic carbocycles. The van der Waals surface area contributed by atoms with Gasteiger partial charge in [-0.3, -0.25) is 4.79 Å². The minimum absolute atomic E-state index is 0.0334. The number of hydrogen-bond donors (Lipinski definition) is 1. The lowest BCUT2D eigenvalue weighted by molar-refractivity contribution is -0.138. The van der Waals surface area contributed by atoms with E-state index < -0.39 is 11.7 Å². The molecule has 1 N–H and O–H groups in total. The first kappa shape index (κ1) is 28.7. The van der Waals surface area contributed by atoms with E-state index in [0.717, 1.165) is 16.6 Å². The maximum atomic E-state index is 13.9. The van der Waals surface area contributed by atoms with Gasteiger partial charge in [0.1, 0.15) is 10.8 Å². The van der Waals surface area contributed by atoms with Crippen LogP contribution in [0.15, 0.2) is 96.5 Å². The minimum atomic E-state index is -4.53. The lowest BCUT2D eigenvalue weighted by Gasteiger charge is -2.33. The molecule has 0 unspecified atom stereocenters. The molecule has 1 amide bonds. The quantitative estimate of drug-likeness (QED) is 0.199. The van der Waals surface area contributed by atoms with Gasteiger partial charge in [-0.25, -0.2) is 9.97 Å². The van der Waals surface area contributed by atoms with E-state index in [1.54, 1.807) is 41.4 Å². The van der Waals surface area contributed by atoms with E-state index in [1.165, 1.54) is 23.5 Å². The SMILES string of the molecule is O=C(c1ccccc1)N(Cc1csc(-c2ccccc2)n1)c1cnc2c(c1)N(Cc1cc(Cl)ccc1C(F)(F)F)CCN2. The Balaban J connectivity index is 1.36. The number of benzene rings is 3. The molecule has 0 saturated heterocycles. The van der Waals surface area contributed by atoms with Gasteiger partial charge in [-0.05, 0) is 42.0 Å². The van der Waals surface area contributed by atoms with Crippen LogP contribution in [-0.4, -0.2) is 29.0 Å². The molecule has 2 aromatic heterocycles. The molecular weight excluding hydrogens is 595 g/mol. The summed E-state index contributed by atoms with van der Waals surface area (Å²) in [5.74, 6) is 0.277. The Hall–Kier alpha value is -4.41. The Morgan fingerprint density at radius 3 is 2.51 bits per heavy atom. The third-order valence-corrected chi connectivity index (χ3v) is 8.25. The summed E-state index contributed by atoms with van der Waals surface area (Å²) in [4.78, 5) is 26.6. The lowest BCUT2D eigenvalue weighted by Crippen LogP contribution is -2.35. The maximum Gasteiger partial charge on any atom is 0.416 e. The molecule has 43 heavy (non-hydrogen) atoms. The highest BCUT2D eigenvalue weighted by atomic mass is 35.5. The number of thiazole rings is 1. The second-order valence-electron chi connectivity index (χ2n) is 9.98. The molecule has 0 aliphatic carbocycles. The first-order chi connectivity index (χ1) is 20.8. The Labute approximate surface area is 255 Å². The van der Waals surface area contributed by atoms with Crippen molar-refractivity contribution >= 4 is 46.0 Å². The van der Waals surface area contributed by atoms with Gasteiger partial charge in [-0.1, -0.05) is 60.1 Å². The zero-order valence-electron chi connectivity index (χ0n) is 22.7. The monoisotopic (exact) mass is 619 g/mol. The fourth-order valence-corrected chi connectivity index (χ4v) is 6.02. The van der Waals surface area contributed by atoms with E-state index in [9.17, 15) is 18.0 Å². The van der Waals surface area contributed by atoms with Crippen molar-refractivity contribution in [3.63, 3.8) is 0 Å². The summed E-state index contributed by atoms with van der Waals surface area (Å²) >= 11 is 7.59. The number of carbonyl (C=O) groups is 1. The van der Waals surface area contributed by atoms with Crippen LogP contribution in [0.5, 0.6) is 0 Å². The van der Waals surface area contributed by atoms with Crippen LogP contribution in [0.4, 0.5) is 30.4 Å². The summed E-state index contributed by atoms with van der Waals surface area (Å²) in [6.45, 7) is 1.07. The van der Waals surface area contributed by atoms with Gasteiger partial charge in [-0.15, -0.1) is 11.3 Å². The van der Waals surface area contributed by atoms with E-state index in [2.05, 4.69) is 10.3 Å². The molecule has 0 spiro atoms. The fraction of sp³-hybridized carbons (Fsp3) is 0.156. The highest BCUT2D eigenvalue weighted by Crippen LogP contribution is 2.37. The second kappa shape index (κ2) is 12.1. The number of aromatic nitrogens is 2. The van der Waals surface area contributed by atoms with Gasteiger partial charge in [0.15, 0.2) is 0 Å². The minimum Gasteiger partial charge on any atom is -0.367 e. The number of carbonyl (C=O) groups excluding carboxylic acids is 1. The molecule has 3 heterocycles. The molecule has 0 atom stereocenters. The Kier molecular flexibility index (Phi) is 8.05. The van der Waals surface area contributed by atoms with Gasteiger partial charge in [0.2, 0.25) is 0 Å². The maximum absolute atomic E-state index is 13.9. The smallest absolute Gasteiger partial charge is 0.367 e. The average Bonchev–Trinajstić information content (AvgIpc) is 3.49. The molecule has 1 aliphatic heterocycles. The van der Waals surface area contributed by atoms with Crippen LogP contribution in [-0.2, 0) is 19.3 Å². The van der Waals surface area contributed by atoms with Crippen molar-refractivity contribution in [2.24, 2.45) is 0 Å². The van der Waals surface area contributed by atoms with Gasteiger partial charge < -0.3 is 15.1 Å². The van der Waals surface area contributed by atoms with E-state index in [4.69, 9.17) is 16.6 Å². The Morgan fingerprint density at radius 2 is 1.77 bits per heavy atom. The predicted molar refractivity (Wildman–Crippen MR) is 165 cm³/mol. The summed E-state index contributed by atoms with van der Waals surface area (Å²) in [6, 6.07) is 24.1. The van der Waals surface area contributed by atoms with E-state index in [1.807, 2.05) is 46.7 Å². The molecule has 11 heteroatoms. The van der Waals surface area contributed by atoms with Crippen LogP contribution in [0, 0.1) is 0 Å². The summed E-state index contributed by atoms with van der Waals surface area (Å²) < 4.78 is 41.5. The Morgan fingerprint density at radius 1 is 1.02 bits per heavy atom. The lowest BCUT2D eigenvalue weighted by atomic mass is 10.1. The number of alkyl halides is 3. The normalized spacial score (nSPS) is 12.9. The number of fused-ring (bicyclic) bond motifs is 1. The zero-order valence-corrected chi connectivity index (χ0v) is 24.3. The number of halogens is 4. The van der Waals surface area contributed by atoms with Crippen LogP contribution in [0.25, 0.3) is 10.6 Å². The average molecular weight is 620 g/mol. The van der Waals surface area contributed by atoms with Crippen LogP contribution in [0.2, 0.25) is 5.02 Å². The largest absolute Gasteiger partial charge is 0.416 e. The molecule has 0 bridgehead atoms. The third-order valence-electron chi connectivity index (χ3n) is 7.07. The summed E-state index contributed by atoms with van der Waals surface area (Å²) in [6.07, 6.45) is -2.93. The number of amides is 1. The van der Waals surface area contributed by atoms with Crippen molar-refractivity contribution in [1.82, 2.24) is 9.97 Å². The summed E-state index contributed by atoms with van der Waals surface area (Å²) in [5, 5.41) is 6.20. The van der Waals surface area contributed by atoms with Crippen molar-refractivity contribution in [2.75, 3.05) is 28.2 Å². The molecule has 218 valence electrons.